The van der Waals surface area contributed by atoms with E-state index < -0.39 is 0 Å². The maximum absolute atomic E-state index is 8.88. The molecule has 0 saturated carbocycles. The zero-order valence-corrected chi connectivity index (χ0v) is 12.3. The van der Waals surface area contributed by atoms with E-state index >= 15 is 0 Å². The van der Waals surface area contributed by atoms with Crippen molar-refractivity contribution in [3.05, 3.63) is 63.7 Å². The lowest BCUT2D eigenvalue weighted by Crippen LogP contribution is -1.97. The van der Waals surface area contributed by atoms with E-state index in [1.165, 1.54) is 15.3 Å². The molecule has 2 aromatic heterocycles. The van der Waals surface area contributed by atoms with E-state index in [9.17, 15) is 0 Å². The smallest absolute Gasteiger partial charge is 0.0992 e. The van der Waals surface area contributed by atoms with Gasteiger partial charge in [0.25, 0.3) is 0 Å². The minimum absolute atomic E-state index is 0.681. The Kier molecular flexibility index (Phi) is 3.82. The molecule has 0 atom stereocenters. The van der Waals surface area contributed by atoms with Crippen LogP contribution < -0.4 is 5.32 Å². The Labute approximate surface area is 125 Å². The molecular formula is C16H12N2S2. The van der Waals surface area contributed by atoms with E-state index in [1.807, 2.05) is 24.3 Å². The molecule has 2 nitrogen and oxygen atoms in total. The van der Waals surface area contributed by atoms with Crippen molar-refractivity contribution >= 4 is 28.4 Å². The van der Waals surface area contributed by atoms with Crippen LogP contribution in [0, 0.1) is 11.3 Å². The highest BCUT2D eigenvalue weighted by Gasteiger charge is 2.03. The summed E-state index contributed by atoms with van der Waals surface area (Å²) >= 11 is 3.52. The molecule has 20 heavy (non-hydrogen) atoms. The first-order chi connectivity index (χ1) is 9.85. The highest BCUT2D eigenvalue weighted by atomic mass is 32.1. The van der Waals surface area contributed by atoms with Crippen LogP contribution in [-0.2, 0) is 6.54 Å². The van der Waals surface area contributed by atoms with Crippen molar-refractivity contribution < 1.29 is 0 Å². The van der Waals surface area contributed by atoms with Gasteiger partial charge in [0.1, 0.15) is 0 Å². The molecule has 0 unspecified atom stereocenters. The Morgan fingerprint density at radius 2 is 2.05 bits per heavy atom. The Morgan fingerprint density at radius 1 is 1.10 bits per heavy atom. The third kappa shape index (κ3) is 2.90. The monoisotopic (exact) mass is 296 g/mol. The average molecular weight is 296 g/mol. The van der Waals surface area contributed by atoms with Crippen LogP contribution in [0.3, 0.4) is 0 Å². The van der Waals surface area contributed by atoms with Crippen LogP contribution in [-0.4, -0.2) is 0 Å². The van der Waals surface area contributed by atoms with Crippen molar-refractivity contribution in [3.8, 4) is 16.5 Å². The van der Waals surface area contributed by atoms with E-state index in [-0.39, 0.29) is 0 Å². The van der Waals surface area contributed by atoms with E-state index in [2.05, 4.69) is 40.3 Å². The lowest BCUT2D eigenvalue weighted by atomic mass is 10.2. The van der Waals surface area contributed by atoms with Crippen molar-refractivity contribution in [1.29, 1.82) is 5.26 Å². The summed E-state index contributed by atoms with van der Waals surface area (Å²) in [6, 6.07) is 16.1. The molecule has 3 rings (SSSR count). The minimum atomic E-state index is 0.681. The molecule has 0 fully saturated rings. The standard InChI is InChI=1S/C16H12N2S2/c17-9-12-3-1-4-14(7-12)18-10-15-8-13(11-20-15)16-5-2-6-19-16/h1-8,11,18H,10H2. The highest BCUT2D eigenvalue weighted by molar-refractivity contribution is 7.14. The predicted octanol–water partition coefficient (Wildman–Crippen LogP) is 4.96. The molecule has 0 aliphatic carbocycles. The Balaban J connectivity index is 1.68. The van der Waals surface area contributed by atoms with E-state index in [0.717, 1.165) is 12.2 Å². The molecule has 98 valence electrons. The molecule has 4 heteroatoms. The number of thiophene rings is 2. The first-order valence-corrected chi connectivity index (χ1v) is 7.96. The normalized spacial score (nSPS) is 10.2. The van der Waals surface area contributed by atoms with Gasteiger partial charge < -0.3 is 5.32 Å². The maximum atomic E-state index is 8.88. The lowest BCUT2D eigenvalue weighted by Gasteiger charge is -2.04. The van der Waals surface area contributed by atoms with Crippen LogP contribution >= 0.6 is 22.7 Å². The summed E-state index contributed by atoms with van der Waals surface area (Å²) in [6.45, 7) is 0.783. The van der Waals surface area contributed by atoms with Gasteiger partial charge in [-0.15, -0.1) is 22.7 Å². The van der Waals surface area contributed by atoms with Crippen molar-refractivity contribution in [2.75, 3.05) is 5.32 Å². The Hall–Kier alpha value is -2.09. The van der Waals surface area contributed by atoms with Crippen molar-refractivity contribution in [3.63, 3.8) is 0 Å². The predicted molar refractivity (Wildman–Crippen MR) is 86.1 cm³/mol. The van der Waals surface area contributed by atoms with Crippen LogP contribution in [0.25, 0.3) is 10.4 Å². The molecule has 0 radical (unpaired) electrons. The topological polar surface area (TPSA) is 35.8 Å². The zero-order valence-electron chi connectivity index (χ0n) is 10.7. The summed E-state index contributed by atoms with van der Waals surface area (Å²) in [4.78, 5) is 2.59. The Morgan fingerprint density at radius 3 is 2.85 bits per heavy atom. The van der Waals surface area contributed by atoms with Crippen LogP contribution in [0.15, 0.2) is 53.2 Å². The molecule has 0 bridgehead atoms. The van der Waals surface area contributed by atoms with Gasteiger partial charge in [0.15, 0.2) is 0 Å². The van der Waals surface area contributed by atoms with Crippen LogP contribution in [0.4, 0.5) is 5.69 Å². The largest absolute Gasteiger partial charge is 0.380 e. The fraction of sp³-hybridized carbons (Fsp3) is 0.0625. The second-order valence-corrected chi connectivity index (χ2v) is 6.27. The molecule has 3 aromatic rings. The molecule has 0 saturated heterocycles. The average Bonchev–Trinajstić information content (AvgIpc) is 3.16. The van der Waals surface area contributed by atoms with Gasteiger partial charge in [-0.2, -0.15) is 5.26 Å². The summed E-state index contributed by atoms with van der Waals surface area (Å²) in [5.74, 6) is 0. The molecule has 0 spiro atoms. The molecular weight excluding hydrogens is 284 g/mol. The molecule has 0 aliphatic heterocycles. The molecule has 1 N–H and O–H groups in total. The van der Waals surface area contributed by atoms with Gasteiger partial charge in [-0.3, -0.25) is 0 Å². The summed E-state index contributed by atoms with van der Waals surface area (Å²) in [7, 11) is 0. The van der Waals surface area contributed by atoms with E-state index in [4.69, 9.17) is 5.26 Å². The van der Waals surface area contributed by atoms with Gasteiger partial charge in [-0.1, -0.05) is 12.1 Å². The highest BCUT2D eigenvalue weighted by Crippen LogP contribution is 2.29. The first kappa shape index (κ1) is 12.9. The first-order valence-electron chi connectivity index (χ1n) is 6.20. The molecule has 2 heterocycles. The summed E-state index contributed by atoms with van der Waals surface area (Å²) < 4.78 is 0. The van der Waals surface area contributed by atoms with Gasteiger partial charge in [0.2, 0.25) is 0 Å². The zero-order chi connectivity index (χ0) is 13.8. The molecule has 0 amide bonds. The van der Waals surface area contributed by atoms with Gasteiger partial charge in [0, 0.05) is 27.5 Å². The quantitative estimate of drug-likeness (QED) is 0.738. The lowest BCUT2D eigenvalue weighted by molar-refractivity contribution is 1.19. The fourth-order valence-electron chi connectivity index (χ4n) is 1.93. The third-order valence-corrected chi connectivity index (χ3v) is 4.77. The van der Waals surface area contributed by atoms with Crippen LogP contribution in [0.2, 0.25) is 0 Å². The number of nitriles is 1. The molecule has 1 aromatic carbocycles. The second kappa shape index (κ2) is 5.91. The summed E-state index contributed by atoms with van der Waals surface area (Å²) in [5.41, 5.74) is 2.95. The number of hydrogen-bond donors (Lipinski definition) is 1. The second-order valence-electron chi connectivity index (χ2n) is 4.33. The van der Waals surface area contributed by atoms with Gasteiger partial charge in [-0.05, 0) is 41.1 Å². The number of benzene rings is 1. The van der Waals surface area contributed by atoms with Gasteiger partial charge in [-0.25, -0.2) is 0 Å². The number of rotatable bonds is 4. The SMILES string of the molecule is N#Cc1cccc(NCc2cc(-c3cccs3)cs2)c1. The van der Waals surface area contributed by atoms with Crippen molar-refractivity contribution in [2.45, 2.75) is 6.54 Å². The van der Waals surface area contributed by atoms with Gasteiger partial charge in [0.05, 0.1) is 11.6 Å². The number of anilines is 1. The van der Waals surface area contributed by atoms with E-state index in [0.29, 0.717) is 5.56 Å². The van der Waals surface area contributed by atoms with Crippen molar-refractivity contribution in [2.24, 2.45) is 0 Å². The summed E-state index contributed by atoms with van der Waals surface area (Å²) in [6.07, 6.45) is 0. The van der Waals surface area contributed by atoms with Crippen LogP contribution in [0.1, 0.15) is 10.4 Å². The van der Waals surface area contributed by atoms with E-state index in [1.54, 1.807) is 22.7 Å². The van der Waals surface area contributed by atoms with Gasteiger partial charge >= 0.3 is 0 Å². The minimum Gasteiger partial charge on any atom is -0.380 e. The van der Waals surface area contributed by atoms with Crippen molar-refractivity contribution in [1.82, 2.24) is 0 Å². The Bertz CT molecular complexity index is 736. The number of nitrogens with zero attached hydrogens (tertiary/aromatic N) is 1. The number of hydrogen-bond acceptors (Lipinski definition) is 4. The maximum Gasteiger partial charge on any atom is 0.0992 e. The summed E-state index contributed by atoms with van der Waals surface area (Å²) in [5, 5.41) is 16.5. The fourth-order valence-corrected chi connectivity index (χ4v) is 3.55. The number of nitrogens with one attached hydrogen (secondary N) is 1. The third-order valence-electron chi connectivity index (χ3n) is 2.92. The molecule has 0 aliphatic rings. The van der Waals surface area contributed by atoms with Crippen LogP contribution in [0.5, 0.6) is 0 Å².